The number of hydrogen-bond donors (Lipinski definition) is 0. The van der Waals surface area contributed by atoms with Crippen LogP contribution in [0.3, 0.4) is 0 Å². The largest absolute Gasteiger partial charge is 0.415 e. The lowest BCUT2D eigenvalue weighted by Gasteiger charge is -2.44. The van der Waals surface area contributed by atoms with Gasteiger partial charge < -0.3 is 23.1 Å². The molecule has 0 aromatic heterocycles. The van der Waals surface area contributed by atoms with Crippen LogP contribution in [0.1, 0.15) is 20.8 Å². The third kappa shape index (κ3) is 6.31. The summed E-state index contributed by atoms with van der Waals surface area (Å²) in [5.41, 5.74) is -0.0503. The fourth-order valence-corrected chi connectivity index (χ4v) is 5.92. The lowest BCUT2D eigenvalue weighted by Crippen LogP contribution is -2.59. The molecule has 0 amide bonds. The highest BCUT2D eigenvalue weighted by molar-refractivity contribution is 7.99. The molecule has 148 valence electrons. The Labute approximate surface area is 159 Å². The van der Waals surface area contributed by atoms with E-state index in [0.717, 1.165) is 5.75 Å². The Bertz CT molecular complexity index is 449. The van der Waals surface area contributed by atoms with E-state index in [0.29, 0.717) is 6.61 Å². The molecule has 0 aromatic rings. The standard InChI is InChI=1S/C17H36O5SSi2/c1-10-23-16-15(22-25(7,8)9)14-13(20-17(2,3)21-14)12(19-16)11-18-24(4,5)6/h12-16H,10-11H2,1-9H3/t12-,13+,14+,15-,16+/m1/s1. The summed E-state index contributed by atoms with van der Waals surface area (Å²) < 4.78 is 31.6. The Kier molecular flexibility index (Phi) is 6.92. The second kappa shape index (κ2) is 7.91. The first-order chi connectivity index (χ1) is 11.3. The van der Waals surface area contributed by atoms with Crippen molar-refractivity contribution in [2.75, 3.05) is 12.4 Å². The lowest BCUT2D eigenvalue weighted by atomic mass is 10.0. The zero-order valence-corrected chi connectivity index (χ0v) is 20.1. The molecule has 25 heavy (non-hydrogen) atoms. The highest BCUT2D eigenvalue weighted by Crippen LogP contribution is 2.42. The van der Waals surface area contributed by atoms with Gasteiger partial charge in [0.25, 0.3) is 0 Å². The first-order valence-corrected chi connectivity index (χ1v) is 17.1. The molecule has 5 atom stereocenters. The maximum absolute atomic E-state index is 6.50. The number of hydrogen-bond acceptors (Lipinski definition) is 6. The normalized spacial score (nSPS) is 35.6. The van der Waals surface area contributed by atoms with E-state index in [1.807, 2.05) is 13.8 Å². The molecule has 2 rings (SSSR count). The van der Waals surface area contributed by atoms with Crippen LogP contribution in [0.4, 0.5) is 0 Å². The summed E-state index contributed by atoms with van der Waals surface area (Å²) in [6.07, 6.45) is -0.494. The Morgan fingerprint density at radius 1 is 0.960 bits per heavy atom. The molecule has 0 saturated carbocycles. The van der Waals surface area contributed by atoms with Crippen molar-refractivity contribution in [2.24, 2.45) is 0 Å². The first-order valence-electron chi connectivity index (χ1n) is 9.26. The van der Waals surface area contributed by atoms with Crippen LogP contribution < -0.4 is 0 Å². The molecule has 2 heterocycles. The molecule has 2 aliphatic heterocycles. The van der Waals surface area contributed by atoms with Gasteiger partial charge in [-0.25, -0.2) is 0 Å². The van der Waals surface area contributed by atoms with Gasteiger partial charge in [0, 0.05) is 0 Å². The van der Waals surface area contributed by atoms with Gasteiger partial charge in [-0.1, -0.05) is 6.92 Å². The second-order valence-electron chi connectivity index (χ2n) is 9.18. The van der Waals surface area contributed by atoms with Gasteiger partial charge in [-0.05, 0) is 58.9 Å². The van der Waals surface area contributed by atoms with E-state index in [4.69, 9.17) is 23.1 Å². The molecule has 5 nitrogen and oxygen atoms in total. The van der Waals surface area contributed by atoms with Crippen molar-refractivity contribution in [1.29, 1.82) is 0 Å². The maximum atomic E-state index is 6.50. The zero-order valence-electron chi connectivity index (χ0n) is 17.3. The SMILES string of the molecule is CCS[C@@H]1O[C@H](CO[Si](C)(C)C)[C@@H]2OC(C)(C)O[C@@H]2[C@H]1O[Si](C)(C)C. The van der Waals surface area contributed by atoms with Gasteiger partial charge in [0.2, 0.25) is 0 Å². The highest BCUT2D eigenvalue weighted by Gasteiger charge is 2.56. The molecule has 2 aliphatic rings. The number of fused-ring (bicyclic) bond motifs is 1. The minimum atomic E-state index is -1.75. The minimum absolute atomic E-state index is 0.0503. The van der Waals surface area contributed by atoms with E-state index in [9.17, 15) is 0 Å². The van der Waals surface area contributed by atoms with Crippen LogP contribution in [0.25, 0.3) is 0 Å². The predicted octanol–water partition coefficient (Wildman–Crippen LogP) is 4.06. The topological polar surface area (TPSA) is 46.2 Å². The van der Waals surface area contributed by atoms with Gasteiger partial charge in [-0.3, -0.25) is 0 Å². The van der Waals surface area contributed by atoms with Crippen LogP contribution in [0.15, 0.2) is 0 Å². The van der Waals surface area contributed by atoms with Crippen molar-refractivity contribution in [3.63, 3.8) is 0 Å². The number of thioether (sulfide) groups is 1. The summed E-state index contributed by atoms with van der Waals surface area (Å²) in [5.74, 6) is 0.350. The highest BCUT2D eigenvalue weighted by atomic mass is 32.2. The number of ether oxygens (including phenoxy) is 3. The second-order valence-corrected chi connectivity index (χ2v) is 19.5. The average molecular weight is 409 g/mol. The summed E-state index contributed by atoms with van der Waals surface area (Å²) in [6.45, 7) is 19.8. The van der Waals surface area contributed by atoms with Crippen LogP contribution >= 0.6 is 11.8 Å². The molecule has 0 aromatic carbocycles. The third-order valence-electron chi connectivity index (χ3n) is 3.93. The van der Waals surface area contributed by atoms with E-state index in [1.54, 1.807) is 11.8 Å². The summed E-state index contributed by atoms with van der Waals surface area (Å²) >= 11 is 1.78. The molecule has 0 unspecified atom stereocenters. The Balaban J connectivity index is 2.23. The maximum Gasteiger partial charge on any atom is 0.184 e. The van der Waals surface area contributed by atoms with Crippen LogP contribution in [0.2, 0.25) is 39.3 Å². The summed E-state index contributed by atoms with van der Waals surface area (Å²) in [4.78, 5) is 0. The minimum Gasteiger partial charge on any atom is -0.415 e. The van der Waals surface area contributed by atoms with Crippen molar-refractivity contribution in [3.8, 4) is 0 Å². The van der Waals surface area contributed by atoms with Crippen molar-refractivity contribution >= 4 is 28.4 Å². The van der Waals surface area contributed by atoms with Crippen LogP contribution in [-0.4, -0.2) is 64.6 Å². The van der Waals surface area contributed by atoms with Crippen molar-refractivity contribution in [1.82, 2.24) is 0 Å². The van der Waals surface area contributed by atoms with Gasteiger partial charge >= 0.3 is 0 Å². The van der Waals surface area contributed by atoms with Gasteiger partial charge in [0.05, 0.1) is 6.61 Å². The first kappa shape index (κ1) is 21.9. The van der Waals surface area contributed by atoms with Gasteiger partial charge in [0.1, 0.15) is 29.9 Å². The quantitative estimate of drug-likeness (QED) is 0.592. The molecule has 2 saturated heterocycles. The molecular formula is C17H36O5SSi2. The average Bonchev–Trinajstić information content (AvgIpc) is 2.73. The van der Waals surface area contributed by atoms with Crippen LogP contribution in [0, 0.1) is 0 Å². The van der Waals surface area contributed by atoms with Crippen molar-refractivity contribution in [3.05, 3.63) is 0 Å². The van der Waals surface area contributed by atoms with E-state index >= 15 is 0 Å². The smallest absolute Gasteiger partial charge is 0.184 e. The Morgan fingerprint density at radius 3 is 2.08 bits per heavy atom. The van der Waals surface area contributed by atoms with Gasteiger partial charge in [-0.2, -0.15) is 0 Å². The Morgan fingerprint density at radius 2 is 1.56 bits per heavy atom. The Hall–Kier alpha value is 0.584. The molecule has 2 fully saturated rings. The molecule has 0 N–H and O–H groups in total. The van der Waals surface area contributed by atoms with Crippen LogP contribution in [-0.2, 0) is 23.1 Å². The van der Waals surface area contributed by atoms with Crippen LogP contribution in [0.5, 0.6) is 0 Å². The molecular weight excluding hydrogens is 372 g/mol. The van der Waals surface area contributed by atoms with E-state index < -0.39 is 22.4 Å². The fraction of sp³-hybridized carbons (Fsp3) is 1.00. The summed E-state index contributed by atoms with van der Waals surface area (Å²) in [5, 5.41) is 0. The van der Waals surface area contributed by atoms with Gasteiger partial charge in [0.15, 0.2) is 22.4 Å². The predicted molar refractivity (Wildman–Crippen MR) is 108 cm³/mol. The third-order valence-corrected chi connectivity index (χ3v) is 6.99. The fourth-order valence-electron chi connectivity index (χ4n) is 3.14. The van der Waals surface area contributed by atoms with E-state index in [2.05, 4.69) is 46.2 Å². The van der Waals surface area contributed by atoms with E-state index in [-0.39, 0.29) is 29.9 Å². The summed E-state index contributed by atoms with van der Waals surface area (Å²) in [6, 6.07) is 0. The van der Waals surface area contributed by atoms with Crippen molar-refractivity contribution < 1.29 is 23.1 Å². The monoisotopic (exact) mass is 408 g/mol. The molecule has 0 aliphatic carbocycles. The van der Waals surface area contributed by atoms with Gasteiger partial charge in [-0.15, -0.1) is 11.8 Å². The lowest BCUT2D eigenvalue weighted by molar-refractivity contribution is -0.163. The summed E-state index contributed by atoms with van der Waals surface area (Å²) in [7, 11) is -3.37. The van der Waals surface area contributed by atoms with E-state index in [1.165, 1.54) is 0 Å². The van der Waals surface area contributed by atoms with Crippen molar-refractivity contribution in [2.45, 2.75) is 95.7 Å². The molecule has 0 bridgehead atoms. The molecule has 8 heteroatoms. The number of rotatable bonds is 7. The zero-order chi connectivity index (χ0) is 19.0. The molecule has 0 radical (unpaired) electrons. The molecule has 0 spiro atoms.